The Morgan fingerprint density at radius 2 is 1.79 bits per heavy atom. The Kier molecular flexibility index (Phi) is 7.59. The van der Waals surface area contributed by atoms with Gasteiger partial charge in [0.1, 0.15) is 0 Å². The van der Waals surface area contributed by atoms with Gasteiger partial charge in [0.15, 0.2) is 0 Å². The van der Waals surface area contributed by atoms with Crippen LogP contribution in [0.1, 0.15) is 48.0 Å². The van der Waals surface area contributed by atoms with E-state index in [1.807, 2.05) is 13.8 Å². The molecule has 0 rings (SSSR count). The molecule has 0 aliphatic rings. The SMILES string of the molecule is C=C(C/C(C)=C/C(=O)OCC)[P+]([CH2-])(C(C)C)C(C)C. The molecule has 0 saturated heterocycles. The zero-order valence-electron chi connectivity index (χ0n) is 13.3. The van der Waals surface area contributed by atoms with Crippen LogP contribution in [0.4, 0.5) is 0 Å². The van der Waals surface area contributed by atoms with Crippen LogP contribution >= 0.6 is 7.26 Å². The molecule has 0 N–H and O–H groups in total. The van der Waals surface area contributed by atoms with Crippen molar-refractivity contribution in [3.05, 3.63) is 30.2 Å². The van der Waals surface area contributed by atoms with Gasteiger partial charge in [-0.2, -0.15) is 6.66 Å². The quantitative estimate of drug-likeness (QED) is 0.284. The number of ether oxygens (including phenoxy) is 1. The summed E-state index contributed by atoms with van der Waals surface area (Å²) in [5.41, 5.74) is 2.04. The van der Waals surface area contributed by atoms with Crippen LogP contribution in [0.15, 0.2) is 23.5 Å². The second kappa shape index (κ2) is 7.85. The molecular weight excluding hydrogens is 255 g/mol. The first-order chi connectivity index (χ1) is 8.66. The van der Waals surface area contributed by atoms with Crippen LogP contribution in [-0.4, -0.2) is 23.9 Å². The summed E-state index contributed by atoms with van der Waals surface area (Å²) in [4.78, 5) is 11.4. The molecule has 0 spiro atoms. The maximum absolute atomic E-state index is 11.4. The Morgan fingerprint density at radius 1 is 1.32 bits per heavy atom. The van der Waals surface area contributed by atoms with Gasteiger partial charge in [-0.25, -0.2) is 4.79 Å². The van der Waals surface area contributed by atoms with Crippen molar-refractivity contribution in [1.82, 2.24) is 0 Å². The minimum Gasteiger partial charge on any atom is -0.463 e. The molecule has 0 unspecified atom stereocenters. The molecule has 19 heavy (non-hydrogen) atoms. The smallest absolute Gasteiger partial charge is 0.330 e. The highest BCUT2D eigenvalue weighted by molar-refractivity contribution is 7.82. The lowest BCUT2D eigenvalue weighted by Crippen LogP contribution is -2.14. The van der Waals surface area contributed by atoms with E-state index in [0.717, 1.165) is 12.0 Å². The van der Waals surface area contributed by atoms with Crippen molar-refractivity contribution in [2.24, 2.45) is 0 Å². The largest absolute Gasteiger partial charge is 0.463 e. The highest BCUT2D eigenvalue weighted by Crippen LogP contribution is 2.72. The number of carbonyl (C=O) groups is 1. The van der Waals surface area contributed by atoms with Crippen molar-refractivity contribution in [3.8, 4) is 0 Å². The highest BCUT2D eigenvalue weighted by atomic mass is 31.2. The summed E-state index contributed by atoms with van der Waals surface area (Å²) in [5, 5.41) is 1.19. The molecule has 0 radical (unpaired) electrons. The third-order valence-electron chi connectivity index (χ3n) is 3.57. The summed E-state index contributed by atoms with van der Waals surface area (Å²) in [6.07, 6.45) is 2.31. The predicted octanol–water partition coefficient (Wildman–Crippen LogP) is 5.03. The molecule has 0 aromatic carbocycles. The molecule has 0 saturated carbocycles. The third-order valence-corrected chi connectivity index (χ3v) is 8.59. The van der Waals surface area contributed by atoms with Gasteiger partial charge >= 0.3 is 5.97 Å². The first-order valence-electron chi connectivity index (χ1n) is 6.91. The second-order valence-corrected chi connectivity index (χ2v) is 10.2. The molecule has 0 aromatic heterocycles. The van der Waals surface area contributed by atoms with Gasteiger partial charge in [0, 0.05) is 29.1 Å². The fourth-order valence-corrected chi connectivity index (χ4v) is 5.43. The van der Waals surface area contributed by atoms with Crippen LogP contribution in [-0.2, 0) is 9.53 Å². The standard InChI is InChI=1S/C16H29O2P/c1-9-18-16(17)11-14(6)10-15(7)19(8,12(2)3)13(4)5/h11-13H,7-10H2,1-6H3/b14-11+. The van der Waals surface area contributed by atoms with E-state index in [1.165, 1.54) is 5.31 Å². The van der Waals surface area contributed by atoms with Crippen molar-refractivity contribution in [2.45, 2.75) is 59.3 Å². The number of carbonyl (C=O) groups excluding carboxylic acids is 1. The van der Waals surface area contributed by atoms with Gasteiger partial charge in [-0.05, 0) is 41.5 Å². The van der Waals surface area contributed by atoms with Gasteiger partial charge in [0.25, 0.3) is 0 Å². The summed E-state index contributed by atoms with van der Waals surface area (Å²) in [7, 11) is -1.45. The highest BCUT2D eigenvalue weighted by Gasteiger charge is 2.35. The van der Waals surface area contributed by atoms with Gasteiger partial charge in [0.2, 0.25) is 0 Å². The van der Waals surface area contributed by atoms with Crippen molar-refractivity contribution < 1.29 is 9.53 Å². The second-order valence-electron chi connectivity index (χ2n) is 5.60. The van der Waals surface area contributed by atoms with E-state index in [9.17, 15) is 4.79 Å². The Balaban J connectivity index is 4.89. The molecule has 0 heterocycles. The Bertz CT molecular complexity index is 346. The fourth-order valence-electron chi connectivity index (χ4n) is 2.23. The van der Waals surface area contributed by atoms with Gasteiger partial charge in [-0.1, -0.05) is 19.4 Å². The Labute approximate surface area is 119 Å². The van der Waals surface area contributed by atoms with Crippen LogP contribution in [0, 0.1) is 6.66 Å². The van der Waals surface area contributed by atoms with E-state index < -0.39 is 7.26 Å². The molecule has 0 fully saturated rings. The molecule has 3 heteroatoms. The molecule has 0 atom stereocenters. The molecule has 0 bridgehead atoms. The average molecular weight is 284 g/mol. The number of allylic oxidation sites excluding steroid dienone is 2. The van der Waals surface area contributed by atoms with E-state index in [4.69, 9.17) is 4.74 Å². The van der Waals surface area contributed by atoms with Crippen LogP contribution in [0.2, 0.25) is 0 Å². The number of rotatable bonds is 7. The van der Waals surface area contributed by atoms with Crippen LogP contribution < -0.4 is 0 Å². The lowest BCUT2D eigenvalue weighted by atomic mass is 10.2. The van der Waals surface area contributed by atoms with Crippen LogP contribution in [0.3, 0.4) is 0 Å². The predicted molar refractivity (Wildman–Crippen MR) is 86.7 cm³/mol. The summed E-state index contributed by atoms with van der Waals surface area (Å²) >= 11 is 0. The monoisotopic (exact) mass is 284 g/mol. The molecule has 0 amide bonds. The lowest BCUT2D eigenvalue weighted by molar-refractivity contribution is -0.137. The van der Waals surface area contributed by atoms with E-state index in [0.29, 0.717) is 17.9 Å². The fraction of sp³-hybridized carbons (Fsp3) is 0.625. The van der Waals surface area contributed by atoms with Crippen LogP contribution in [0.5, 0.6) is 0 Å². The summed E-state index contributed by atoms with van der Waals surface area (Å²) in [6, 6.07) is 0. The first kappa shape index (κ1) is 18.4. The number of esters is 1. The minimum atomic E-state index is -1.45. The zero-order chi connectivity index (χ0) is 15.2. The number of hydrogen-bond donors (Lipinski definition) is 0. The summed E-state index contributed by atoms with van der Waals surface area (Å²) in [6.45, 7) is 21.8. The third kappa shape index (κ3) is 5.10. The minimum absolute atomic E-state index is 0.269. The Morgan fingerprint density at radius 3 is 2.16 bits per heavy atom. The van der Waals surface area contributed by atoms with Gasteiger partial charge in [-0.3, -0.25) is 0 Å². The number of hydrogen-bond acceptors (Lipinski definition) is 2. The van der Waals surface area contributed by atoms with Gasteiger partial charge < -0.3 is 4.74 Å². The summed E-state index contributed by atoms with van der Waals surface area (Å²) < 4.78 is 4.92. The maximum atomic E-state index is 11.4. The molecule has 0 aliphatic heterocycles. The van der Waals surface area contributed by atoms with E-state index in [-0.39, 0.29) is 5.97 Å². The van der Waals surface area contributed by atoms with Crippen molar-refractivity contribution in [1.29, 1.82) is 0 Å². The van der Waals surface area contributed by atoms with Gasteiger partial charge in [0.05, 0.1) is 6.61 Å². The maximum Gasteiger partial charge on any atom is 0.330 e. The molecular formula is C16H29O2P. The summed E-state index contributed by atoms with van der Waals surface area (Å²) in [5.74, 6) is -0.269. The molecule has 2 nitrogen and oxygen atoms in total. The topological polar surface area (TPSA) is 26.3 Å². The normalized spacial score (nSPS) is 13.0. The van der Waals surface area contributed by atoms with Crippen molar-refractivity contribution in [3.63, 3.8) is 0 Å². The van der Waals surface area contributed by atoms with Gasteiger partial charge in [-0.15, -0.1) is 0 Å². The van der Waals surface area contributed by atoms with Crippen LogP contribution in [0.25, 0.3) is 0 Å². The first-order valence-corrected chi connectivity index (χ1v) is 9.02. The van der Waals surface area contributed by atoms with E-state index >= 15 is 0 Å². The van der Waals surface area contributed by atoms with E-state index in [1.54, 1.807) is 6.08 Å². The van der Waals surface area contributed by atoms with Crippen molar-refractivity contribution in [2.75, 3.05) is 6.61 Å². The molecule has 0 aromatic rings. The van der Waals surface area contributed by atoms with Crippen molar-refractivity contribution >= 4 is 13.2 Å². The van der Waals surface area contributed by atoms with E-state index in [2.05, 4.69) is 40.9 Å². The molecule has 110 valence electrons. The Hall–Kier alpha value is -0.620. The average Bonchev–Trinajstić information content (AvgIpc) is 2.26. The zero-order valence-corrected chi connectivity index (χ0v) is 14.2. The molecule has 0 aliphatic carbocycles. The lowest BCUT2D eigenvalue weighted by Gasteiger charge is -2.39.